The predicted octanol–water partition coefficient (Wildman–Crippen LogP) is 3.08. The van der Waals surface area contributed by atoms with Crippen LogP contribution in [-0.4, -0.2) is 40.4 Å². The van der Waals surface area contributed by atoms with Crippen LogP contribution in [0.15, 0.2) is 36.5 Å². The van der Waals surface area contributed by atoms with E-state index in [0.717, 1.165) is 23.6 Å². The van der Waals surface area contributed by atoms with E-state index < -0.39 is 0 Å². The zero-order chi connectivity index (χ0) is 17.1. The molecule has 25 heavy (non-hydrogen) atoms. The van der Waals surface area contributed by atoms with E-state index in [1.807, 2.05) is 36.0 Å². The molecule has 0 bridgehead atoms. The minimum Gasteiger partial charge on any atom is -0.454 e. The zero-order valence-corrected chi connectivity index (χ0v) is 14.5. The number of H-pyrrole nitrogens is 1. The summed E-state index contributed by atoms with van der Waals surface area (Å²) in [6.07, 6.45) is 7.42. The van der Waals surface area contributed by atoms with Crippen LogP contribution in [0.5, 0.6) is 11.5 Å². The van der Waals surface area contributed by atoms with Gasteiger partial charge in [0.25, 0.3) is 5.91 Å². The lowest BCUT2D eigenvalue weighted by molar-refractivity contribution is -0.114. The number of carbonyl (C=O) groups excluding carboxylic acids is 1. The Labute approximate surface area is 150 Å². The number of amides is 1. The first-order valence-corrected chi connectivity index (χ1v) is 9.35. The molecule has 1 amide bonds. The number of rotatable bonds is 5. The molecule has 1 fully saturated rings. The van der Waals surface area contributed by atoms with Gasteiger partial charge >= 0.3 is 0 Å². The predicted molar refractivity (Wildman–Crippen MR) is 98.0 cm³/mol. The Hall–Kier alpha value is -2.41. The molecule has 0 radical (unpaired) electrons. The number of anilines is 1. The second-order valence-electron chi connectivity index (χ2n) is 5.97. The van der Waals surface area contributed by atoms with Crippen molar-refractivity contribution in [1.82, 2.24) is 10.2 Å². The number of nitrogens with one attached hydrogen (secondary N) is 1. The third-order valence-electron chi connectivity index (χ3n) is 4.27. The van der Waals surface area contributed by atoms with Gasteiger partial charge in [0.2, 0.25) is 6.79 Å². The average Bonchev–Trinajstić information content (AvgIpc) is 3.39. The van der Waals surface area contributed by atoms with Crippen LogP contribution in [0.1, 0.15) is 18.4 Å². The van der Waals surface area contributed by atoms with Crippen molar-refractivity contribution in [3.63, 3.8) is 0 Å². The molecular weight excluding hydrogens is 338 g/mol. The second-order valence-corrected chi connectivity index (χ2v) is 7.38. The number of hydrogen-bond acceptors (Lipinski definition) is 5. The molecule has 0 spiro atoms. The van der Waals surface area contributed by atoms with E-state index in [9.17, 15) is 4.79 Å². The molecule has 0 saturated carbocycles. The smallest absolute Gasteiger partial charge is 0.252 e. The van der Waals surface area contributed by atoms with Crippen molar-refractivity contribution in [2.75, 3.05) is 24.0 Å². The summed E-state index contributed by atoms with van der Waals surface area (Å²) in [5.74, 6) is 3.29. The van der Waals surface area contributed by atoms with Crippen LogP contribution < -0.4 is 14.4 Å². The maximum absolute atomic E-state index is 12.8. The van der Waals surface area contributed by atoms with Crippen molar-refractivity contribution in [2.45, 2.75) is 18.1 Å². The highest BCUT2D eigenvalue weighted by Gasteiger charge is 2.23. The fourth-order valence-electron chi connectivity index (χ4n) is 2.97. The Balaban J connectivity index is 1.49. The molecule has 2 aliphatic rings. The molecule has 1 N–H and O–H groups in total. The molecule has 0 aliphatic carbocycles. The number of nitrogens with zero attached hydrogens (tertiary/aromatic N) is 2. The molecule has 3 heterocycles. The third kappa shape index (κ3) is 3.66. The fourth-order valence-corrected chi connectivity index (χ4v) is 4.23. The number of hydrogen-bond donors (Lipinski definition) is 1. The number of aromatic nitrogens is 2. The molecule has 6 nitrogen and oxygen atoms in total. The van der Waals surface area contributed by atoms with Crippen molar-refractivity contribution in [1.29, 1.82) is 0 Å². The van der Waals surface area contributed by atoms with Crippen molar-refractivity contribution in [2.24, 2.45) is 0 Å². The quantitative estimate of drug-likeness (QED) is 0.833. The van der Waals surface area contributed by atoms with Crippen molar-refractivity contribution in [3.05, 3.63) is 42.1 Å². The largest absolute Gasteiger partial charge is 0.454 e. The van der Waals surface area contributed by atoms with E-state index in [2.05, 4.69) is 10.2 Å². The minimum absolute atomic E-state index is 0.0607. The molecule has 1 aromatic heterocycles. The van der Waals surface area contributed by atoms with Gasteiger partial charge in [0, 0.05) is 23.9 Å². The van der Waals surface area contributed by atoms with Crippen LogP contribution in [0.25, 0.3) is 6.08 Å². The van der Waals surface area contributed by atoms with Crippen molar-refractivity contribution >= 4 is 29.6 Å². The van der Waals surface area contributed by atoms with Crippen LogP contribution in [0.3, 0.4) is 0 Å². The van der Waals surface area contributed by atoms with Gasteiger partial charge in [-0.25, -0.2) is 0 Å². The molecule has 7 heteroatoms. The summed E-state index contributed by atoms with van der Waals surface area (Å²) >= 11 is 1.93. The Kier molecular flexibility index (Phi) is 4.65. The number of benzene rings is 1. The van der Waals surface area contributed by atoms with Crippen LogP contribution in [-0.2, 0) is 4.79 Å². The summed E-state index contributed by atoms with van der Waals surface area (Å²) in [6.45, 7) is 0.936. The topological polar surface area (TPSA) is 67.5 Å². The first-order chi connectivity index (χ1) is 12.3. The lowest BCUT2D eigenvalue weighted by Crippen LogP contribution is -2.35. The van der Waals surface area contributed by atoms with Crippen LogP contribution in [0.2, 0.25) is 0 Å². The minimum atomic E-state index is -0.0607. The highest BCUT2D eigenvalue weighted by atomic mass is 32.2. The van der Waals surface area contributed by atoms with Gasteiger partial charge in [-0.3, -0.25) is 14.8 Å². The molecule has 130 valence electrons. The number of fused-ring (bicyclic) bond motifs is 1. The highest BCUT2D eigenvalue weighted by molar-refractivity contribution is 8.00. The summed E-state index contributed by atoms with van der Waals surface area (Å²) in [5.41, 5.74) is 0.900. The molecule has 1 atom stereocenters. The summed E-state index contributed by atoms with van der Waals surface area (Å²) in [5, 5.41) is 7.36. The van der Waals surface area contributed by atoms with Gasteiger partial charge in [-0.15, -0.1) is 0 Å². The van der Waals surface area contributed by atoms with Gasteiger partial charge in [0.1, 0.15) is 5.82 Å². The Bertz CT molecular complexity index is 770. The highest BCUT2D eigenvalue weighted by Crippen LogP contribution is 2.33. The standard InChI is InChI=1S/C18H19N3O3S/c22-18(6-4-13-3-5-15-16(10-13)24-12-23-15)21(17-7-8-19-20-17)11-14-2-1-9-25-14/h3-8,10,14H,1-2,9,11-12H2,(H,19,20)/b6-4+. The van der Waals surface area contributed by atoms with Crippen molar-refractivity contribution in [3.8, 4) is 11.5 Å². The van der Waals surface area contributed by atoms with E-state index in [-0.39, 0.29) is 12.7 Å². The van der Waals surface area contributed by atoms with E-state index >= 15 is 0 Å². The fraction of sp³-hybridized carbons (Fsp3) is 0.333. The van der Waals surface area contributed by atoms with E-state index in [1.54, 1.807) is 23.2 Å². The third-order valence-corrected chi connectivity index (χ3v) is 5.65. The van der Waals surface area contributed by atoms with Gasteiger partial charge in [0.15, 0.2) is 11.5 Å². The molecule has 1 unspecified atom stereocenters. The lowest BCUT2D eigenvalue weighted by atomic mass is 10.2. The van der Waals surface area contributed by atoms with Gasteiger partial charge < -0.3 is 9.47 Å². The Morgan fingerprint density at radius 1 is 1.36 bits per heavy atom. The van der Waals surface area contributed by atoms with E-state index in [4.69, 9.17) is 9.47 Å². The molecule has 4 rings (SSSR count). The van der Waals surface area contributed by atoms with Crippen molar-refractivity contribution < 1.29 is 14.3 Å². The molecule has 1 saturated heterocycles. The normalized spacial score (nSPS) is 18.8. The average molecular weight is 357 g/mol. The van der Waals surface area contributed by atoms with Crippen LogP contribution >= 0.6 is 11.8 Å². The van der Waals surface area contributed by atoms with Gasteiger partial charge in [-0.2, -0.15) is 16.9 Å². The monoisotopic (exact) mass is 357 g/mol. The number of aromatic amines is 1. The molecule has 2 aromatic rings. The Morgan fingerprint density at radius 3 is 3.08 bits per heavy atom. The van der Waals surface area contributed by atoms with E-state index in [1.165, 1.54) is 12.2 Å². The maximum atomic E-state index is 12.8. The summed E-state index contributed by atoms with van der Waals surface area (Å²) in [6, 6.07) is 7.46. The Morgan fingerprint density at radius 2 is 2.28 bits per heavy atom. The van der Waals surface area contributed by atoms with Gasteiger partial charge in [-0.1, -0.05) is 6.07 Å². The number of carbonyl (C=O) groups is 1. The SMILES string of the molecule is O=C(/C=C/c1ccc2c(c1)OCO2)N(CC1CCCS1)c1ccn[nH]1. The molecule has 1 aromatic carbocycles. The summed E-state index contributed by atoms with van der Waals surface area (Å²) in [7, 11) is 0. The number of ether oxygens (including phenoxy) is 2. The second kappa shape index (κ2) is 7.23. The van der Waals surface area contributed by atoms with Gasteiger partial charge in [0.05, 0.1) is 6.20 Å². The van der Waals surface area contributed by atoms with E-state index in [0.29, 0.717) is 17.5 Å². The summed E-state index contributed by atoms with van der Waals surface area (Å²) in [4.78, 5) is 14.5. The summed E-state index contributed by atoms with van der Waals surface area (Å²) < 4.78 is 10.7. The molecule has 2 aliphatic heterocycles. The lowest BCUT2D eigenvalue weighted by Gasteiger charge is -2.22. The zero-order valence-electron chi connectivity index (χ0n) is 13.7. The van der Waals surface area contributed by atoms with Crippen LogP contribution in [0.4, 0.5) is 5.82 Å². The first kappa shape index (κ1) is 16.1. The maximum Gasteiger partial charge on any atom is 0.252 e. The number of thioether (sulfide) groups is 1. The molecular formula is C18H19N3O3S. The van der Waals surface area contributed by atoms with Crippen LogP contribution in [0, 0.1) is 0 Å². The van der Waals surface area contributed by atoms with Gasteiger partial charge in [-0.05, 0) is 42.4 Å². The first-order valence-electron chi connectivity index (χ1n) is 8.30.